The van der Waals surface area contributed by atoms with Crippen LogP contribution in [0, 0.1) is 0 Å². The van der Waals surface area contributed by atoms with Crippen LogP contribution in [0.25, 0.3) is 10.9 Å². The van der Waals surface area contributed by atoms with Gasteiger partial charge in [-0.05, 0) is 36.1 Å². The molecule has 0 spiro atoms. The van der Waals surface area contributed by atoms with Gasteiger partial charge >= 0.3 is 6.09 Å². The van der Waals surface area contributed by atoms with Gasteiger partial charge in [0.1, 0.15) is 19.0 Å². The molecule has 4 aromatic rings. The molecule has 6 nitrogen and oxygen atoms in total. The van der Waals surface area contributed by atoms with E-state index >= 15 is 0 Å². The summed E-state index contributed by atoms with van der Waals surface area (Å²) in [7, 11) is 0. The second-order valence-electron chi connectivity index (χ2n) is 8.41. The fourth-order valence-corrected chi connectivity index (χ4v) is 4.44. The number of fused-ring (bicyclic) bond motifs is 1. The highest BCUT2D eigenvalue weighted by Crippen LogP contribution is 2.32. The van der Waals surface area contributed by atoms with Crippen LogP contribution in [0.1, 0.15) is 34.3 Å². The molecule has 2 heterocycles. The molecule has 1 aliphatic rings. The van der Waals surface area contributed by atoms with Crippen molar-refractivity contribution in [1.29, 1.82) is 0 Å². The number of carbonyl (C=O) groups is 2. The van der Waals surface area contributed by atoms with Crippen molar-refractivity contribution >= 4 is 22.8 Å². The summed E-state index contributed by atoms with van der Waals surface area (Å²) in [5.74, 6) is 0.540. The smallest absolute Gasteiger partial charge is 0.410 e. The van der Waals surface area contributed by atoms with Crippen molar-refractivity contribution in [2.24, 2.45) is 0 Å². The fraction of sp³-hybridized carbons (Fsp3) is 0.214. The fourth-order valence-electron chi connectivity index (χ4n) is 4.44. The van der Waals surface area contributed by atoms with E-state index in [-0.39, 0.29) is 12.4 Å². The highest BCUT2D eigenvalue weighted by molar-refractivity contribution is 6.12. The maximum Gasteiger partial charge on any atom is 0.410 e. The van der Waals surface area contributed by atoms with E-state index in [0.717, 1.165) is 28.5 Å². The van der Waals surface area contributed by atoms with Crippen LogP contribution in [-0.2, 0) is 18.0 Å². The molecule has 0 aliphatic carbocycles. The van der Waals surface area contributed by atoms with Crippen LogP contribution in [0.5, 0.6) is 5.75 Å². The molecule has 1 aromatic heterocycles. The topological polar surface area (TPSA) is 71.6 Å². The number of H-pyrrole nitrogens is 1. The Balaban J connectivity index is 1.34. The first-order chi connectivity index (χ1) is 16.7. The quantitative estimate of drug-likeness (QED) is 0.362. The average molecular weight is 455 g/mol. The molecule has 3 aromatic carbocycles. The van der Waals surface area contributed by atoms with Gasteiger partial charge in [0.15, 0.2) is 5.78 Å². The summed E-state index contributed by atoms with van der Waals surface area (Å²) >= 11 is 0. The van der Waals surface area contributed by atoms with E-state index < -0.39 is 12.1 Å². The maximum atomic E-state index is 13.6. The lowest BCUT2D eigenvalue weighted by Gasteiger charge is -2.23. The number of likely N-dealkylation sites (tertiary alicyclic amines) is 1. The van der Waals surface area contributed by atoms with Gasteiger partial charge in [0, 0.05) is 23.8 Å². The van der Waals surface area contributed by atoms with E-state index in [1.54, 1.807) is 11.1 Å². The van der Waals surface area contributed by atoms with Crippen LogP contribution in [0.2, 0.25) is 0 Å². The monoisotopic (exact) mass is 454 g/mol. The van der Waals surface area contributed by atoms with Gasteiger partial charge in [-0.1, -0.05) is 66.7 Å². The number of rotatable bonds is 7. The van der Waals surface area contributed by atoms with Crippen molar-refractivity contribution in [1.82, 2.24) is 9.88 Å². The highest BCUT2D eigenvalue weighted by atomic mass is 16.6. The Morgan fingerprint density at radius 1 is 0.882 bits per heavy atom. The van der Waals surface area contributed by atoms with Crippen molar-refractivity contribution in [2.45, 2.75) is 32.1 Å². The zero-order valence-corrected chi connectivity index (χ0v) is 18.8. The van der Waals surface area contributed by atoms with E-state index in [4.69, 9.17) is 9.47 Å². The van der Waals surface area contributed by atoms with Gasteiger partial charge in [-0.15, -0.1) is 0 Å². The minimum atomic E-state index is -0.551. The first-order valence-electron chi connectivity index (χ1n) is 11.5. The number of Topliss-reactive ketones (excluding diaryl/α,β-unsaturated/α-hetero) is 1. The number of nitrogens with zero attached hydrogens (tertiary/aromatic N) is 1. The summed E-state index contributed by atoms with van der Waals surface area (Å²) in [6, 6.07) is 24.6. The molecule has 0 unspecified atom stereocenters. The number of nitrogens with one attached hydrogen (secondary N) is 1. The summed E-state index contributed by atoms with van der Waals surface area (Å²) < 4.78 is 11.6. The van der Waals surface area contributed by atoms with Crippen molar-refractivity contribution in [2.75, 3.05) is 6.54 Å². The molecule has 5 rings (SSSR count). The predicted octanol–water partition coefficient (Wildman–Crippen LogP) is 5.73. The third kappa shape index (κ3) is 4.53. The lowest BCUT2D eigenvalue weighted by atomic mass is 10.0. The number of aromatic nitrogens is 1. The van der Waals surface area contributed by atoms with E-state index in [1.165, 1.54) is 0 Å². The van der Waals surface area contributed by atoms with Gasteiger partial charge in [0.2, 0.25) is 0 Å². The molecule has 1 amide bonds. The molecule has 172 valence electrons. The van der Waals surface area contributed by atoms with Crippen LogP contribution in [0.15, 0.2) is 85.1 Å². The zero-order valence-electron chi connectivity index (χ0n) is 18.8. The standard InChI is InChI=1S/C28H26N2O4/c31-27(24-14-8-16-30(24)28(32)34-19-21-11-5-2-6-12-21)22-17-29-23-13-7-15-25(26(22)23)33-18-20-9-3-1-4-10-20/h1-7,9-13,15,17,24,29H,8,14,16,18-19H2/t24-/m1/s1. The summed E-state index contributed by atoms with van der Waals surface area (Å²) in [6.45, 7) is 1.09. The average Bonchev–Trinajstić information content (AvgIpc) is 3.55. The third-order valence-corrected chi connectivity index (χ3v) is 6.17. The SMILES string of the molecule is O=C(c1c[nH]c2cccc(OCc3ccccc3)c12)[C@H]1CCCN1C(=O)OCc1ccccc1. The number of hydrogen-bond acceptors (Lipinski definition) is 4. The number of ether oxygens (including phenoxy) is 2. The van der Waals surface area contributed by atoms with Gasteiger partial charge in [0.25, 0.3) is 0 Å². The summed E-state index contributed by atoms with van der Waals surface area (Å²) in [4.78, 5) is 31.2. The van der Waals surface area contributed by atoms with Crippen molar-refractivity contribution in [3.63, 3.8) is 0 Å². The molecule has 1 aliphatic heterocycles. The zero-order chi connectivity index (χ0) is 23.3. The number of amides is 1. The Morgan fingerprint density at radius 2 is 1.59 bits per heavy atom. The van der Waals surface area contributed by atoms with Gasteiger partial charge < -0.3 is 14.5 Å². The van der Waals surface area contributed by atoms with Gasteiger partial charge in [0.05, 0.1) is 11.4 Å². The minimum absolute atomic E-state index is 0.101. The van der Waals surface area contributed by atoms with E-state index in [2.05, 4.69) is 4.98 Å². The van der Waals surface area contributed by atoms with E-state index in [1.807, 2.05) is 78.9 Å². The van der Waals surface area contributed by atoms with Crippen molar-refractivity contribution in [3.05, 3.63) is 102 Å². The number of carbonyl (C=O) groups excluding carboxylic acids is 2. The number of aromatic amines is 1. The lowest BCUT2D eigenvalue weighted by molar-refractivity contribution is 0.0739. The van der Waals surface area contributed by atoms with Crippen molar-refractivity contribution in [3.8, 4) is 5.75 Å². The molecule has 0 saturated carbocycles. The summed E-state index contributed by atoms with van der Waals surface area (Å²) in [5, 5.41) is 0.743. The lowest BCUT2D eigenvalue weighted by Crippen LogP contribution is -2.40. The molecule has 1 N–H and O–H groups in total. The molecule has 34 heavy (non-hydrogen) atoms. The summed E-state index contributed by atoms with van der Waals surface area (Å²) in [6.07, 6.45) is 2.63. The number of hydrogen-bond donors (Lipinski definition) is 1. The van der Waals surface area contributed by atoms with E-state index in [9.17, 15) is 9.59 Å². The molecule has 0 bridgehead atoms. The van der Waals surface area contributed by atoms with E-state index in [0.29, 0.717) is 30.9 Å². The first kappa shape index (κ1) is 21.8. The largest absolute Gasteiger partial charge is 0.488 e. The highest BCUT2D eigenvalue weighted by Gasteiger charge is 2.36. The maximum absolute atomic E-state index is 13.6. The summed E-state index contributed by atoms with van der Waals surface area (Å²) in [5.41, 5.74) is 3.32. The molecule has 1 saturated heterocycles. The van der Waals surface area contributed by atoms with Crippen LogP contribution in [-0.4, -0.2) is 34.3 Å². The second kappa shape index (κ2) is 9.83. The van der Waals surface area contributed by atoms with Gasteiger partial charge in [-0.3, -0.25) is 9.69 Å². The molecule has 1 atom stereocenters. The van der Waals surface area contributed by atoms with Gasteiger partial charge in [-0.25, -0.2) is 4.79 Å². The Hall–Kier alpha value is -4.06. The normalized spacial score (nSPS) is 15.4. The first-order valence-corrected chi connectivity index (χ1v) is 11.5. The predicted molar refractivity (Wildman–Crippen MR) is 130 cm³/mol. The van der Waals surface area contributed by atoms with Crippen LogP contribution in [0.3, 0.4) is 0 Å². The Kier molecular flexibility index (Phi) is 6.29. The third-order valence-electron chi connectivity index (χ3n) is 6.17. The Morgan fingerprint density at radius 3 is 2.32 bits per heavy atom. The molecular formula is C28H26N2O4. The number of ketones is 1. The van der Waals surface area contributed by atoms with Crippen LogP contribution in [0.4, 0.5) is 4.79 Å². The Bertz CT molecular complexity index is 1280. The van der Waals surface area contributed by atoms with Crippen molar-refractivity contribution < 1.29 is 19.1 Å². The minimum Gasteiger partial charge on any atom is -0.488 e. The van der Waals surface area contributed by atoms with Gasteiger partial charge in [-0.2, -0.15) is 0 Å². The van der Waals surface area contributed by atoms with Crippen LogP contribution < -0.4 is 4.74 Å². The second-order valence-corrected chi connectivity index (χ2v) is 8.41. The molecule has 0 radical (unpaired) electrons. The molecule has 1 fully saturated rings. The number of benzene rings is 3. The van der Waals surface area contributed by atoms with Crippen LogP contribution >= 0.6 is 0 Å². The Labute approximate surface area is 198 Å². The molecular weight excluding hydrogens is 428 g/mol. The molecule has 6 heteroatoms.